The molecule has 1 aromatic rings. The Hall–Kier alpha value is -1.75. The summed E-state index contributed by atoms with van der Waals surface area (Å²) < 4.78 is 60.4. The summed E-state index contributed by atoms with van der Waals surface area (Å²) in [6.45, 7) is 0.298. The third kappa shape index (κ3) is 3.87. The number of alkyl halides is 3. The molecule has 110 valence electrons. The molecule has 0 fully saturated rings. The fourth-order valence-corrected chi connectivity index (χ4v) is 2.46. The Labute approximate surface area is 115 Å². The molecule has 0 bridgehead atoms. The van der Waals surface area contributed by atoms with E-state index in [2.05, 4.69) is 5.32 Å². The molecular weight excluding hydrogens is 293 g/mol. The smallest absolute Gasteiger partial charge is 0.384 e. The number of rotatable bonds is 6. The van der Waals surface area contributed by atoms with Crippen LogP contribution < -0.4 is 5.32 Å². The highest BCUT2D eigenvalue weighted by Crippen LogP contribution is 2.34. The molecule has 0 amide bonds. The number of nitrogens with zero attached hydrogens (tertiary/aromatic N) is 1. The third-order valence-corrected chi connectivity index (χ3v) is 4.06. The summed E-state index contributed by atoms with van der Waals surface area (Å²) in [6, 6.07) is 6.83. The van der Waals surface area contributed by atoms with Crippen molar-refractivity contribution in [2.24, 2.45) is 0 Å². The predicted octanol–water partition coefficient (Wildman–Crippen LogP) is 3.09. The number of sulfone groups is 1. The number of hydrogen-bond donors (Lipinski definition) is 1. The minimum atomic E-state index is -5.37. The topological polar surface area (TPSA) is 70.0 Å². The van der Waals surface area contributed by atoms with Gasteiger partial charge in [0.2, 0.25) is 0 Å². The zero-order chi connectivity index (χ0) is 15.2. The molecule has 0 atom stereocenters. The Bertz CT molecular complexity index is 591. The van der Waals surface area contributed by atoms with Gasteiger partial charge in [-0.25, -0.2) is 8.42 Å². The van der Waals surface area contributed by atoms with E-state index < -0.39 is 20.2 Å². The Kier molecular flexibility index (Phi) is 5.39. The highest BCUT2D eigenvalue weighted by atomic mass is 32.2. The zero-order valence-corrected chi connectivity index (χ0v) is 11.3. The van der Waals surface area contributed by atoms with Gasteiger partial charge in [0.15, 0.2) is 0 Å². The number of benzene rings is 1. The van der Waals surface area contributed by atoms with Crippen LogP contribution in [0.4, 0.5) is 18.9 Å². The average molecular weight is 306 g/mol. The molecule has 0 heterocycles. The van der Waals surface area contributed by atoms with Crippen molar-refractivity contribution in [2.75, 3.05) is 11.9 Å². The average Bonchev–Trinajstić information content (AvgIpc) is 2.37. The van der Waals surface area contributed by atoms with E-state index in [1.165, 1.54) is 18.2 Å². The Morgan fingerprint density at radius 1 is 1.20 bits per heavy atom. The highest BCUT2D eigenvalue weighted by molar-refractivity contribution is 7.92. The van der Waals surface area contributed by atoms with E-state index in [0.717, 1.165) is 6.07 Å². The molecule has 0 unspecified atom stereocenters. The van der Waals surface area contributed by atoms with Crippen LogP contribution in [0.1, 0.15) is 19.3 Å². The van der Waals surface area contributed by atoms with Crippen molar-refractivity contribution in [3.8, 4) is 6.07 Å². The van der Waals surface area contributed by atoms with E-state index >= 15 is 0 Å². The van der Waals surface area contributed by atoms with Gasteiger partial charge in [-0.05, 0) is 25.0 Å². The van der Waals surface area contributed by atoms with E-state index in [-0.39, 0.29) is 5.69 Å². The van der Waals surface area contributed by atoms with Gasteiger partial charge in [-0.1, -0.05) is 12.1 Å². The summed E-state index contributed by atoms with van der Waals surface area (Å²) in [4.78, 5) is -0.784. The predicted molar refractivity (Wildman–Crippen MR) is 67.6 cm³/mol. The van der Waals surface area contributed by atoms with Crippen LogP contribution in [-0.4, -0.2) is 20.5 Å². The fourth-order valence-electron chi connectivity index (χ4n) is 1.52. The summed E-state index contributed by atoms with van der Waals surface area (Å²) in [6.07, 6.45) is 1.51. The Morgan fingerprint density at radius 3 is 2.45 bits per heavy atom. The van der Waals surface area contributed by atoms with Crippen LogP contribution in [0, 0.1) is 11.3 Å². The first kappa shape index (κ1) is 16.3. The number of nitrogens with one attached hydrogen (secondary N) is 1. The quantitative estimate of drug-likeness (QED) is 0.820. The van der Waals surface area contributed by atoms with Crippen molar-refractivity contribution in [1.29, 1.82) is 5.26 Å². The van der Waals surface area contributed by atoms with E-state index in [9.17, 15) is 21.6 Å². The number of unbranched alkanes of at least 4 members (excludes halogenated alkanes) is 2. The number of para-hydroxylation sites is 1. The summed E-state index contributed by atoms with van der Waals surface area (Å²) >= 11 is 0. The molecule has 0 aliphatic carbocycles. The van der Waals surface area contributed by atoms with Crippen LogP contribution in [0.3, 0.4) is 0 Å². The lowest BCUT2D eigenvalue weighted by atomic mass is 10.2. The summed E-state index contributed by atoms with van der Waals surface area (Å²) in [7, 11) is -5.37. The van der Waals surface area contributed by atoms with E-state index in [0.29, 0.717) is 25.8 Å². The largest absolute Gasteiger partial charge is 0.501 e. The normalized spacial score (nSPS) is 11.9. The van der Waals surface area contributed by atoms with Crippen molar-refractivity contribution >= 4 is 15.5 Å². The first-order valence-electron chi connectivity index (χ1n) is 5.82. The van der Waals surface area contributed by atoms with Gasteiger partial charge >= 0.3 is 5.51 Å². The first-order valence-corrected chi connectivity index (χ1v) is 7.30. The van der Waals surface area contributed by atoms with Gasteiger partial charge < -0.3 is 5.32 Å². The third-order valence-electron chi connectivity index (χ3n) is 2.51. The van der Waals surface area contributed by atoms with Crippen molar-refractivity contribution < 1.29 is 21.6 Å². The Morgan fingerprint density at radius 2 is 1.85 bits per heavy atom. The fraction of sp³-hybridized carbons (Fsp3) is 0.417. The molecule has 8 heteroatoms. The molecule has 0 saturated carbocycles. The molecule has 1 aromatic carbocycles. The molecule has 0 aliphatic rings. The molecular formula is C12H13F3N2O2S. The lowest BCUT2D eigenvalue weighted by Crippen LogP contribution is -2.24. The molecule has 20 heavy (non-hydrogen) atoms. The zero-order valence-electron chi connectivity index (χ0n) is 10.4. The van der Waals surface area contributed by atoms with Crippen molar-refractivity contribution in [3.63, 3.8) is 0 Å². The van der Waals surface area contributed by atoms with Crippen LogP contribution in [0.25, 0.3) is 0 Å². The minimum absolute atomic E-state index is 0.0817. The minimum Gasteiger partial charge on any atom is -0.384 e. The van der Waals surface area contributed by atoms with Gasteiger partial charge in [0.25, 0.3) is 9.84 Å². The summed E-state index contributed by atoms with van der Waals surface area (Å²) in [5.74, 6) is 0. The second kappa shape index (κ2) is 6.61. The van der Waals surface area contributed by atoms with Gasteiger partial charge in [0.05, 0.1) is 16.7 Å². The maximum Gasteiger partial charge on any atom is 0.501 e. The van der Waals surface area contributed by atoms with Crippen LogP contribution in [0.2, 0.25) is 0 Å². The highest BCUT2D eigenvalue weighted by Gasteiger charge is 2.47. The van der Waals surface area contributed by atoms with Crippen molar-refractivity contribution in [2.45, 2.75) is 29.7 Å². The second-order valence-electron chi connectivity index (χ2n) is 3.99. The molecule has 4 nitrogen and oxygen atoms in total. The molecule has 0 saturated heterocycles. The molecule has 1 N–H and O–H groups in total. The summed E-state index contributed by atoms with van der Waals surface area (Å²) in [5, 5.41) is 11.0. The monoisotopic (exact) mass is 306 g/mol. The first-order chi connectivity index (χ1) is 9.30. The second-order valence-corrected chi connectivity index (χ2v) is 5.90. The van der Waals surface area contributed by atoms with Gasteiger partial charge in [0, 0.05) is 13.0 Å². The lowest BCUT2D eigenvalue weighted by Gasteiger charge is -2.13. The molecule has 0 radical (unpaired) electrons. The molecule has 0 aromatic heterocycles. The van der Waals surface area contributed by atoms with Gasteiger partial charge in [-0.3, -0.25) is 0 Å². The van der Waals surface area contributed by atoms with E-state index in [4.69, 9.17) is 5.26 Å². The SMILES string of the molecule is N#CCCCCNc1ccccc1S(=O)(=O)C(F)(F)F. The number of halogens is 3. The van der Waals surface area contributed by atoms with Crippen molar-refractivity contribution in [1.82, 2.24) is 0 Å². The van der Waals surface area contributed by atoms with E-state index in [1.807, 2.05) is 6.07 Å². The standard InChI is InChI=1S/C12H13F3N2O2S/c13-12(14,15)20(18,19)11-7-3-2-6-10(11)17-9-5-1-4-8-16/h2-3,6-7,17H,1,4-5,9H2. The van der Waals surface area contributed by atoms with E-state index in [1.54, 1.807) is 0 Å². The maximum atomic E-state index is 12.5. The number of anilines is 1. The van der Waals surface area contributed by atoms with Gasteiger partial charge in [-0.2, -0.15) is 18.4 Å². The molecule has 0 aliphatic heterocycles. The van der Waals surface area contributed by atoms with Crippen LogP contribution >= 0.6 is 0 Å². The summed E-state index contributed by atoms with van der Waals surface area (Å²) in [5.41, 5.74) is -5.41. The van der Waals surface area contributed by atoms with Crippen molar-refractivity contribution in [3.05, 3.63) is 24.3 Å². The molecule has 0 spiro atoms. The number of nitriles is 1. The number of hydrogen-bond acceptors (Lipinski definition) is 4. The lowest BCUT2D eigenvalue weighted by molar-refractivity contribution is -0.0435. The molecule has 1 rings (SSSR count). The van der Waals surface area contributed by atoms with Crippen LogP contribution in [0.5, 0.6) is 0 Å². The maximum absolute atomic E-state index is 12.5. The van der Waals surface area contributed by atoms with Gasteiger partial charge in [0.1, 0.15) is 0 Å². The van der Waals surface area contributed by atoms with Crippen LogP contribution in [0.15, 0.2) is 29.2 Å². The van der Waals surface area contributed by atoms with Gasteiger partial charge in [-0.15, -0.1) is 0 Å². The Balaban J connectivity index is 2.88. The van der Waals surface area contributed by atoms with Crippen LogP contribution in [-0.2, 0) is 9.84 Å².